The molecule has 2 amide bonds. The van der Waals surface area contributed by atoms with Gasteiger partial charge in [0.25, 0.3) is 5.91 Å². The highest BCUT2D eigenvalue weighted by atomic mass is 35.5. The number of halogens is 1. The average molecular weight is 350 g/mol. The normalized spacial score (nSPS) is 21.0. The number of nitrogens with zero attached hydrogens (tertiary/aromatic N) is 2. The third-order valence-electron chi connectivity index (χ3n) is 3.83. The van der Waals surface area contributed by atoms with Crippen molar-refractivity contribution in [1.29, 1.82) is 0 Å². The molecule has 7 nitrogen and oxygen atoms in total. The summed E-state index contributed by atoms with van der Waals surface area (Å²) in [6, 6.07) is 8.00. The lowest BCUT2D eigenvalue weighted by Crippen LogP contribution is -2.51. The summed E-state index contributed by atoms with van der Waals surface area (Å²) < 4.78 is 10.4. The minimum Gasteiger partial charge on any atom is -0.360 e. The van der Waals surface area contributed by atoms with Gasteiger partial charge in [0.05, 0.1) is 6.04 Å². The Hall–Kier alpha value is -2.38. The summed E-state index contributed by atoms with van der Waals surface area (Å²) in [6.07, 6.45) is -0.870. The quantitative estimate of drug-likeness (QED) is 0.918. The van der Waals surface area contributed by atoms with Crippen molar-refractivity contribution in [2.45, 2.75) is 19.1 Å². The van der Waals surface area contributed by atoms with Gasteiger partial charge in [0, 0.05) is 18.1 Å². The van der Waals surface area contributed by atoms with E-state index >= 15 is 0 Å². The lowest BCUT2D eigenvalue weighted by Gasteiger charge is -2.38. The highest BCUT2D eigenvalue weighted by Crippen LogP contribution is 2.30. The van der Waals surface area contributed by atoms with Gasteiger partial charge in [-0.15, -0.1) is 0 Å². The zero-order valence-corrected chi connectivity index (χ0v) is 13.9. The van der Waals surface area contributed by atoms with Gasteiger partial charge in [0.15, 0.2) is 11.9 Å². The number of anilines is 1. The minimum absolute atomic E-state index is 0.156. The lowest BCUT2D eigenvalue weighted by atomic mass is 9.97. The first-order chi connectivity index (χ1) is 11.5. The molecule has 1 aromatic carbocycles. The summed E-state index contributed by atoms with van der Waals surface area (Å²) in [5, 5.41) is 6.95. The average Bonchev–Trinajstić information content (AvgIpc) is 2.96. The summed E-state index contributed by atoms with van der Waals surface area (Å²) in [6.45, 7) is 1.57. The molecule has 0 unspecified atom stereocenters. The van der Waals surface area contributed by atoms with E-state index in [4.69, 9.17) is 20.9 Å². The fourth-order valence-corrected chi connectivity index (χ4v) is 2.74. The summed E-state index contributed by atoms with van der Waals surface area (Å²) in [7, 11) is 1.64. The van der Waals surface area contributed by atoms with Gasteiger partial charge in [0.2, 0.25) is 5.91 Å². The van der Waals surface area contributed by atoms with Gasteiger partial charge in [-0.1, -0.05) is 28.9 Å². The molecule has 126 valence electrons. The molecule has 2 aromatic rings. The van der Waals surface area contributed by atoms with Crippen LogP contribution in [0, 0.1) is 6.92 Å². The molecule has 0 spiro atoms. The molecule has 2 atom stereocenters. The van der Waals surface area contributed by atoms with Crippen molar-refractivity contribution in [2.75, 3.05) is 19.0 Å². The van der Waals surface area contributed by atoms with Crippen molar-refractivity contribution >= 4 is 29.2 Å². The Balaban J connectivity index is 1.86. The number of ether oxygens (including phenoxy) is 1. The third kappa shape index (κ3) is 3.27. The maximum Gasteiger partial charge on any atom is 0.257 e. The number of rotatable bonds is 3. The van der Waals surface area contributed by atoms with Crippen LogP contribution in [0.1, 0.15) is 17.4 Å². The van der Waals surface area contributed by atoms with Crippen LogP contribution < -0.4 is 5.32 Å². The Morgan fingerprint density at radius 2 is 2.08 bits per heavy atom. The summed E-state index contributed by atoms with van der Waals surface area (Å²) in [5.74, 6) is 0.283. The molecular weight excluding hydrogens is 334 g/mol. The number of benzene rings is 1. The highest BCUT2D eigenvalue weighted by molar-refractivity contribution is 6.30. The van der Waals surface area contributed by atoms with E-state index in [1.54, 1.807) is 44.3 Å². The van der Waals surface area contributed by atoms with Gasteiger partial charge in [-0.05, 0) is 24.6 Å². The van der Waals surface area contributed by atoms with Gasteiger partial charge >= 0.3 is 0 Å². The Kier molecular flexibility index (Phi) is 4.55. The summed E-state index contributed by atoms with van der Waals surface area (Å²) in [4.78, 5) is 26.1. The van der Waals surface area contributed by atoms with E-state index in [0.29, 0.717) is 16.6 Å². The van der Waals surface area contributed by atoms with Crippen molar-refractivity contribution < 1.29 is 18.8 Å². The zero-order valence-electron chi connectivity index (χ0n) is 13.2. The molecule has 1 aromatic heterocycles. The first-order valence-corrected chi connectivity index (χ1v) is 7.70. The van der Waals surface area contributed by atoms with Crippen molar-refractivity contribution in [3.05, 3.63) is 46.7 Å². The molecule has 1 saturated heterocycles. The summed E-state index contributed by atoms with van der Waals surface area (Å²) >= 11 is 5.91. The maximum absolute atomic E-state index is 12.6. The van der Waals surface area contributed by atoms with Gasteiger partial charge in [0.1, 0.15) is 12.4 Å². The monoisotopic (exact) mass is 349 g/mol. The number of carbonyl (C=O) groups is 2. The number of aromatic nitrogens is 1. The number of hydrogen-bond acceptors (Lipinski definition) is 5. The molecule has 8 heteroatoms. The molecule has 1 fully saturated rings. The molecule has 1 aliphatic heterocycles. The second-order valence-corrected chi connectivity index (χ2v) is 5.98. The van der Waals surface area contributed by atoms with Gasteiger partial charge in [-0.2, -0.15) is 0 Å². The fourth-order valence-electron chi connectivity index (χ4n) is 2.61. The SMILES string of the molecule is Cc1cc(NC(=O)[C@H]2OCC(=O)N(C)[C@H]2c2ccc(Cl)cc2)no1. The molecule has 3 rings (SSSR count). The van der Waals surface area contributed by atoms with E-state index in [-0.39, 0.29) is 12.5 Å². The van der Waals surface area contributed by atoms with E-state index in [0.717, 1.165) is 5.56 Å². The highest BCUT2D eigenvalue weighted by Gasteiger charge is 2.40. The van der Waals surface area contributed by atoms with Crippen LogP contribution in [0.4, 0.5) is 5.82 Å². The minimum atomic E-state index is -0.870. The van der Waals surface area contributed by atoms with Crippen molar-refractivity contribution in [3.63, 3.8) is 0 Å². The molecule has 1 N–H and O–H groups in total. The molecular formula is C16H16ClN3O4. The predicted molar refractivity (Wildman–Crippen MR) is 86.6 cm³/mol. The van der Waals surface area contributed by atoms with E-state index in [9.17, 15) is 9.59 Å². The molecule has 2 heterocycles. The van der Waals surface area contributed by atoms with Crippen LogP contribution >= 0.6 is 11.6 Å². The molecule has 0 bridgehead atoms. The molecule has 0 saturated carbocycles. The lowest BCUT2D eigenvalue weighted by molar-refractivity contribution is -0.160. The van der Waals surface area contributed by atoms with Gasteiger partial charge < -0.3 is 19.5 Å². The number of aryl methyl sites for hydroxylation is 1. The Morgan fingerprint density at radius 3 is 2.71 bits per heavy atom. The van der Waals surface area contributed by atoms with Crippen LogP contribution in [0.15, 0.2) is 34.9 Å². The summed E-state index contributed by atoms with van der Waals surface area (Å²) in [5.41, 5.74) is 0.756. The first-order valence-electron chi connectivity index (χ1n) is 7.32. The molecule has 24 heavy (non-hydrogen) atoms. The topological polar surface area (TPSA) is 84.7 Å². The van der Waals surface area contributed by atoms with Gasteiger partial charge in [-0.25, -0.2) is 0 Å². The fraction of sp³-hybridized carbons (Fsp3) is 0.312. The van der Waals surface area contributed by atoms with Crippen LogP contribution in [0.3, 0.4) is 0 Å². The second-order valence-electron chi connectivity index (χ2n) is 5.54. The van der Waals surface area contributed by atoms with Crippen molar-refractivity contribution in [3.8, 4) is 0 Å². The smallest absolute Gasteiger partial charge is 0.257 e. The Labute approximate surface area is 143 Å². The first kappa shape index (κ1) is 16.5. The van der Waals surface area contributed by atoms with Crippen LogP contribution in [0.25, 0.3) is 0 Å². The molecule has 0 aliphatic carbocycles. The van der Waals surface area contributed by atoms with Crippen LogP contribution in [0.5, 0.6) is 0 Å². The molecule has 0 radical (unpaired) electrons. The van der Waals surface area contributed by atoms with E-state index < -0.39 is 18.1 Å². The van der Waals surface area contributed by atoms with E-state index in [2.05, 4.69) is 10.5 Å². The Bertz CT molecular complexity index is 759. The zero-order chi connectivity index (χ0) is 17.3. The largest absolute Gasteiger partial charge is 0.360 e. The van der Waals surface area contributed by atoms with E-state index in [1.165, 1.54) is 4.90 Å². The number of hydrogen-bond donors (Lipinski definition) is 1. The van der Waals surface area contributed by atoms with Gasteiger partial charge in [-0.3, -0.25) is 9.59 Å². The number of carbonyl (C=O) groups excluding carboxylic acids is 2. The standard InChI is InChI=1S/C16H16ClN3O4/c1-9-7-12(19-24-9)18-16(22)15-14(20(2)13(21)8-23-15)10-3-5-11(17)6-4-10/h3-7,14-15H,8H2,1-2H3,(H,18,19,22)/t14-,15-/m0/s1. The van der Waals surface area contributed by atoms with Crippen LogP contribution in [-0.2, 0) is 14.3 Å². The third-order valence-corrected chi connectivity index (χ3v) is 4.08. The number of amides is 2. The van der Waals surface area contributed by atoms with Crippen LogP contribution in [0.2, 0.25) is 5.02 Å². The maximum atomic E-state index is 12.6. The number of morpholine rings is 1. The van der Waals surface area contributed by atoms with Crippen molar-refractivity contribution in [1.82, 2.24) is 10.1 Å². The van der Waals surface area contributed by atoms with Crippen LogP contribution in [-0.4, -0.2) is 41.6 Å². The number of nitrogens with one attached hydrogen (secondary N) is 1. The van der Waals surface area contributed by atoms with E-state index in [1.807, 2.05) is 0 Å². The second kappa shape index (κ2) is 6.62. The number of likely N-dealkylation sites (N-methyl/N-ethyl adjacent to an activating group) is 1. The Morgan fingerprint density at radius 1 is 1.38 bits per heavy atom. The molecule has 1 aliphatic rings. The predicted octanol–water partition coefficient (Wildman–Crippen LogP) is 2.17. The van der Waals surface area contributed by atoms with Crippen molar-refractivity contribution in [2.24, 2.45) is 0 Å².